The summed E-state index contributed by atoms with van der Waals surface area (Å²) in [6, 6.07) is 3.82. The van der Waals surface area contributed by atoms with Gasteiger partial charge in [0.1, 0.15) is 11.8 Å². The van der Waals surface area contributed by atoms with E-state index in [-0.39, 0.29) is 5.75 Å². The molecular weight excluding hydrogens is 242 g/mol. The fourth-order valence-electron chi connectivity index (χ4n) is 1.93. The maximum absolute atomic E-state index is 9.68. The summed E-state index contributed by atoms with van der Waals surface area (Å²) in [4.78, 5) is 0. The summed E-state index contributed by atoms with van der Waals surface area (Å²) in [6.45, 7) is 0. The van der Waals surface area contributed by atoms with Crippen LogP contribution in [0.2, 0.25) is 0 Å². The van der Waals surface area contributed by atoms with E-state index in [9.17, 15) is 5.11 Å². The number of phenols is 1. The van der Waals surface area contributed by atoms with Crippen LogP contribution in [0.15, 0.2) is 10.5 Å². The van der Waals surface area contributed by atoms with Crippen molar-refractivity contribution in [1.29, 1.82) is 5.26 Å². The molecule has 2 rings (SSSR count). The number of phenolic OH excluding ortho intramolecular Hbond substituents is 1. The summed E-state index contributed by atoms with van der Waals surface area (Å²) >= 11 is 3.36. The molecule has 0 amide bonds. The molecular formula is C11H10BrNO. The van der Waals surface area contributed by atoms with Gasteiger partial charge in [0, 0.05) is 0 Å². The fourth-order valence-corrected chi connectivity index (χ4v) is 2.59. The molecule has 0 unspecified atom stereocenters. The largest absolute Gasteiger partial charge is 0.505 e. The summed E-state index contributed by atoms with van der Waals surface area (Å²) in [5.41, 5.74) is 2.75. The van der Waals surface area contributed by atoms with E-state index in [1.54, 1.807) is 0 Å². The molecule has 0 bridgehead atoms. The molecule has 0 aliphatic heterocycles. The first-order valence-corrected chi connectivity index (χ1v) is 5.46. The molecule has 0 heterocycles. The lowest BCUT2D eigenvalue weighted by Crippen LogP contribution is -2.04. The molecule has 2 nitrogen and oxygen atoms in total. The van der Waals surface area contributed by atoms with Gasteiger partial charge in [-0.05, 0) is 58.8 Å². The average Bonchev–Trinajstić information content (AvgIpc) is 2.23. The molecule has 0 spiro atoms. The normalized spacial score (nSPS) is 14.6. The monoisotopic (exact) mass is 251 g/mol. The first-order valence-electron chi connectivity index (χ1n) is 4.67. The number of nitrogens with zero attached hydrogens (tertiary/aromatic N) is 1. The zero-order valence-electron chi connectivity index (χ0n) is 7.68. The van der Waals surface area contributed by atoms with Crippen molar-refractivity contribution < 1.29 is 5.11 Å². The van der Waals surface area contributed by atoms with Crippen LogP contribution in [0, 0.1) is 11.3 Å². The molecule has 0 aromatic heterocycles. The highest BCUT2D eigenvalue weighted by Crippen LogP contribution is 2.37. The van der Waals surface area contributed by atoms with E-state index in [2.05, 4.69) is 15.9 Å². The van der Waals surface area contributed by atoms with Gasteiger partial charge in [-0.25, -0.2) is 0 Å². The quantitative estimate of drug-likeness (QED) is 0.771. The second kappa shape index (κ2) is 3.62. The van der Waals surface area contributed by atoms with Crippen molar-refractivity contribution in [2.24, 2.45) is 0 Å². The van der Waals surface area contributed by atoms with Crippen LogP contribution in [-0.4, -0.2) is 5.11 Å². The van der Waals surface area contributed by atoms with E-state index in [1.807, 2.05) is 12.1 Å². The van der Waals surface area contributed by atoms with E-state index in [1.165, 1.54) is 17.5 Å². The minimum atomic E-state index is 0.0909. The van der Waals surface area contributed by atoms with E-state index in [0.717, 1.165) is 19.3 Å². The molecule has 0 radical (unpaired) electrons. The van der Waals surface area contributed by atoms with Crippen molar-refractivity contribution in [2.45, 2.75) is 25.7 Å². The Morgan fingerprint density at radius 1 is 1.36 bits per heavy atom. The number of aromatic hydroxyl groups is 1. The Kier molecular flexibility index (Phi) is 2.47. The Labute approximate surface area is 91.3 Å². The molecule has 1 aromatic rings. The van der Waals surface area contributed by atoms with Crippen LogP contribution in [0.25, 0.3) is 0 Å². The maximum atomic E-state index is 9.68. The van der Waals surface area contributed by atoms with Crippen molar-refractivity contribution in [3.8, 4) is 11.8 Å². The molecule has 0 fully saturated rings. The van der Waals surface area contributed by atoms with Crippen molar-refractivity contribution in [3.63, 3.8) is 0 Å². The van der Waals surface area contributed by atoms with E-state index < -0.39 is 0 Å². The predicted molar refractivity (Wildman–Crippen MR) is 57.2 cm³/mol. The minimum Gasteiger partial charge on any atom is -0.505 e. The van der Waals surface area contributed by atoms with Crippen molar-refractivity contribution in [1.82, 2.24) is 0 Å². The van der Waals surface area contributed by atoms with Crippen LogP contribution in [0.3, 0.4) is 0 Å². The molecule has 0 saturated carbocycles. The summed E-state index contributed by atoms with van der Waals surface area (Å²) in [5, 5.41) is 18.5. The number of hydrogen-bond acceptors (Lipinski definition) is 2. The van der Waals surface area contributed by atoms with Crippen molar-refractivity contribution in [3.05, 3.63) is 27.2 Å². The molecule has 72 valence electrons. The highest BCUT2D eigenvalue weighted by Gasteiger charge is 2.17. The molecule has 14 heavy (non-hydrogen) atoms. The smallest absolute Gasteiger partial charge is 0.147 e. The Bertz CT molecular complexity index is 420. The van der Waals surface area contributed by atoms with Gasteiger partial charge >= 0.3 is 0 Å². The number of benzene rings is 1. The lowest BCUT2D eigenvalue weighted by atomic mass is 9.90. The van der Waals surface area contributed by atoms with Gasteiger partial charge in [0.05, 0.1) is 10.0 Å². The van der Waals surface area contributed by atoms with Gasteiger partial charge in [0.25, 0.3) is 0 Å². The van der Waals surface area contributed by atoms with Gasteiger partial charge in [-0.2, -0.15) is 5.26 Å². The van der Waals surface area contributed by atoms with E-state index in [0.29, 0.717) is 10.0 Å². The number of hydrogen-bond donors (Lipinski definition) is 1. The number of aryl methyl sites for hydroxylation is 1. The molecule has 0 atom stereocenters. The second-order valence-corrected chi connectivity index (χ2v) is 4.34. The van der Waals surface area contributed by atoms with Gasteiger partial charge in [-0.15, -0.1) is 0 Å². The molecule has 3 heteroatoms. The molecule has 1 N–H and O–H groups in total. The fraction of sp³-hybridized carbons (Fsp3) is 0.364. The Morgan fingerprint density at radius 2 is 2.07 bits per heavy atom. The highest BCUT2D eigenvalue weighted by atomic mass is 79.9. The van der Waals surface area contributed by atoms with Crippen LogP contribution in [0.1, 0.15) is 29.5 Å². The Hall–Kier alpha value is -1.01. The molecule has 1 aromatic carbocycles. The standard InChI is InChI=1S/C11H10BrNO/c12-10-9-4-2-1-3-7(9)5-8(6-13)11(10)14/h5,14H,1-4H2. The van der Waals surface area contributed by atoms with Crippen LogP contribution >= 0.6 is 15.9 Å². The highest BCUT2D eigenvalue weighted by molar-refractivity contribution is 9.10. The second-order valence-electron chi connectivity index (χ2n) is 3.54. The number of nitriles is 1. The van der Waals surface area contributed by atoms with E-state index >= 15 is 0 Å². The summed E-state index contributed by atoms with van der Waals surface area (Å²) in [6.07, 6.45) is 4.35. The minimum absolute atomic E-state index is 0.0909. The van der Waals surface area contributed by atoms with Crippen molar-refractivity contribution in [2.75, 3.05) is 0 Å². The lowest BCUT2D eigenvalue weighted by Gasteiger charge is -2.18. The number of halogens is 1. The van der Waals surface area contributed by atoms with Gasteiger partial charge in [-0.1, -0.05) is 0 Å². The van der Waals surface area contributed by atoms with Crippen LogP contribution < -0.4 is 0 Å². The molecule has 0 saturated heterocycles. The van der Waals surface area contributed by atoms with Gasteiger partial charge < -0.3 is 5.11 Å². The molecule has 1 aliphatic carbocycles. The number of rotatable bonds is 0. The Morgan fingerprint density at radius 3 is 2.79 bits per heavy atom. The van der Waals surface area contributed by atoms with E-state index in [4.69, 9.17) is 5.26 Å². The summed E-state index contributed by atoms with van der Waals surface area (Å²) in [5.74, 6) is 0.0909. The topological polar surface area (TPSA) is 44.0 Å². The Balaban J connectivity index is 2.64. The average molecular weight is 252 g/mol. The van der Waals surface area contributed by atoms with Gasteiger partial charge in [0.2, 0.25) is 0 Å². The van der Waals surface area contributed by atoms with Crippen molar-refractivity contribution >= 4 is 15.9 Å². The van der Waals surface area contributed by atoms with Crippen LogP contribution in [0.4, 0.5) is 0 Å². The first-order chi connectivity index (χ1) is 6.74. The zero-order chi connectivity index (χ0) is 10.1. The van der Waals surface area contributed by atoms with Crippen LogP contribution in [-0.2, 0) is 12.8 Å². The summed E-state index contributed by atoms with van der Waals surface area (Å²) < 4.78 is 0.714. The number of fused-ring (bicyclic) bond motifs is 1. The first kappa shape index (κ1) is 9.54. The third kappa shape index (κ3) is 1.40. The zero-order valence-corrected chi connectivity index (χ0v) is 9.26. The predicted octanol–water partition coefficient (Wildman–Crippen LogP) is 2.91. The summed E-state index contributed by atoms with van der Waals surface area (Å²) in [7, 11) is 0. The third-order valence-corrected chi connectivity index (χ3v) is 3.53. The maximum Gasteiger partial charge on any atom is 0.147 e. The molecule has 1 aliphatic rings. The van der Waals surface area contributed by atoms with Gasteiger partial charge in [-0.3, -0.25) is 0 Å². The van der Waals surface area contributed by atoms with Gasteiger partial charge in [0.15, 0.2) is 0 Å². The third-order valence-electron chi connectivity index (χ3n) is 2.68. The van der Waals surface area contributed by atoms with Crippen LogP contribution in [0.5, 0.6) is 5.75 Å². The lowest BCUT2D eigenvalue weighted by molar-refractivity contribution is 0.467. The SMILES string of the molecule is N#Cc1cc2c(c(Br)c1O)CCCC2.